The molecule has 3 aromatic carbocycles. The van der Waals surface area contributed by atoms with E-state index in [-0.39, 0.29) is 19.5 Å². The van der Waals surface area contributed by atoms with E-state index in [0.29, 0.717) is 5.69 Å². The molecule has 0 saturated carbocycles. The van der Waals surface area contributed by atoms with Crippen LogP contribution in [0.2, 0.25) is 0 Å². The van der Waals surface area contributed by atoms with Crippen LogP contribution < -0.4 is 15.9 Å². The summed E-state index contributed by atoms with van der Waals surface area (Å²) in [6.07, 6.45) is 1.13. The first-order valence-corrected chi connectivity index (χ1v) is 10.9. The third-order valence-corrected chi connectivity index (χ3v) is 6.87. The van der Waals surface area contributed by atoms with E-state index >= 15 is 0 Å². The molecule has 0 aliphatic heterocycles. The number of benzene rings is 3. The smallest absolute Gasteiger partial charge is 0.102 e. The first-order chi connectivity index (χ1) is 11.5. The van der Waals surface area contributed by atoms with Gasteiger partial charge < -0.3 is 4.72 Å². The molecule has 124 valence electrons. The largest absolute Gasteiger partial charge is 0.574 e. The molecule has 0 radical (unpaired) electrons. The van der Waals surface area contributed by atoms with Crippen LogP contribution in [-0.2, 0) is 29.5 Å². The molecular weight excluding hydrogens is 403 g/mol. The number of sulfonamides is 1. The van der Waals surface area contributed by atoms with Crippen LogP contribution in [0.25, 0.3) is 4.72 Å². The average molecular weight is 421 g/mol. The first kappa shape index (κ1) is 19.8. The van der Waals surface area contributed by atoms with Crippen molar-refractivity contribution in [2.24, 2.45) is 0 Å². The Morgan fingerprint density at radius 2 is 1.16 bits per heavy atom. The number of hydrogen-bond donors (Lipinski definition) is 0. The molecule has 0 amide bonds. The van der Waals surface area contributed by atoms with E-state index in [1.807, 2.05) is 54.6 Å². The normalized spacial score (nSPS) is 11.0. The van der Waals surface area contributed by atoms with Gasteiger partial charge in [-0.2, -0.15) is 0 Å². The summed E-state index contributed by atoms with van der Waals surface area (Å²) in [4.78, 5) is 0. The van der Waals surface area contributed by atoms with Crippen molar-refractivity contribution in [1.82, 2.24) is 0 Å². The zero-order chi connectivity index (χ0) is 17.0. The van der Waals surface area contributed by atoms with Crippen molar-refractivity contribution >= 4 is 39.5 Å². The van der Waals surface area contributed by atoms with Crippen LogP contribution in [0.15, 0.2) is 84.9 Å². The van der Waals surface area contributed by atoms with E-state index in [1.165, 1.54) is 10.6 Å². The van der Waals surface area contributed by atoms with Crippen LogP contribution in [0, 0.1) is 0 Å². The van der Waals surface area contributed by atoms with E-state index in [1.54, 1.807) is 6.07 Å². The maximum absolute atomic E-state index is 11.7. The van der Waals surface area contributed by atoms with Gasteiger partial charge in [0.05, 0.1) is 23.2 Å². The van der Waals surface area contributed by atoms with E-state index < -0.39 is 17.9 Å². The molecule has 0 aliphatic carbocycles. The molecule has 3 rings (SSSR count). The van der Waals surface area contributed by atoms with Gasteiger partial charge in [0, 0.05) is 25.7 Å². The molecule has 0 aliphatic rings. The fraction of sp³-hybridized carbons (Fsp3) is 0.0526. The standard InChI is InChI=1S/C19H17NO2PS.Zn/c1-24(21,22)20-18-14-8-9-15-19(18)23(16-10-4-2-5-11-16)17-12-6-3-7-13-17;/h2-15H,1H3;/q-1;/p+1. The van der Waals surface area contributed by atoms with Gasteiger partial charge in [-0.15, -0.1) is 0 Å². The Bertz CT molecular complexity index is 879. The Balaban J connectivity index is 0.00000225. The number of hydrogen-bond acceptors (Lipinski definition) is 2. The van der Waals surface area contributed by atoms with E-state index in [0.717, 1.165) is 11.6 Å². The SMILES string of the molecule is CS(=O)(=O)[N-]c1ccccc1[PH+](c1ccccc1)c1ccccc1.[Zn]. The van der Waals surface area contributed by atoms with Gasteiger partial charge in [0.25, 0.3) is 0 Å². The molecule has 25 heavy (non-hydrogen) atoms. The zero-order valence-corrected chi connectivity index (χ0v) is 18.7. The van der Waals surface area contributed by atoms with Crippen LogP contribution >= 0.6 is 7.92 Å². The second kappa shape index (κ2) is 8.71. The zero-order valence-electron chi connectivity index (χ0n) is 14.0. The maximum atomic E-state index is 11.7. The van der Waals surface area contributed by atoms with E-state index in [4.69, 9.17) is 0 Å². The van der Waals surface area contributed by atoms with Crippen molar-refractivity contribution in [3.8, 4) is 0 Å². The summed E-state index contributed by atoms with van der Waals surface area (Å²) in [6, 6.07) is 27.9. The molecule has 3 aromatic rings. The molecule has 0 saturated heterocycles. The molecule has 6 heteroatoms. The van der Waals surface area contributed by atoms with Gasteiger partial charge in [0.1, 0.15) is 10.6 Å². The third-order valence-electron chi connectivity index (χ3n) is 3.56. The van der Waals surface area contributed by atoms with E-state index in [9.17, 15) is 8.42 Å². The van der Waals surface area contributed by atoms with Crippen LogP contribution in [-0.4, -0.2) is 14.7 Å². The Labute approximate surface area is 163 Å². The van der Waals surface area contributed by atoms with Crippen LogP contribution in [0.5, 0.6) is 0 Å². The Kier molecular flexibility index (Phi) is 6.89. The van der Waals surface area contributed by atoms with Gasteiger partial charge in [-0.25, -0.2) is 8.42 Å². The molecule has 0 unspecified atom stereocenters. The van der Waals surface area contributed by atoms with Gasteiger partial charge in [0.15, 0.2) is 0 Å². The quantitative estimate of drug-likeness (QED) is 0.470. The molecule has 0 heterocycles. The van der Waals surface area contributed by atoms with Crippen LogP contribution in [0.4, 0.5) is 5.69 Å². The second-order valence-corrected chi connectivity index (χ2v) is 9.54. The summed E-state index contributed by atoms with van der Waals surface area (Å²) in [7, 11) is -4.79. The van der Waals surface area contributed by atoms with Crippen LogP contribution in [0.3, 0.4) is 0 Å². The molecule has 0 aromatic heterocycles. The van der Waals surface area contributed by atoms with Crippen molar-refractivity contribution in [3.63, 3.8) is 0 Å². The predicted octanol–water partition coefficient (Wildman–Crippen LogP) is 3.14. The van der Waals surface area contributed by atoms with Gasteiger partial charge in [-0.1, -0.05) is 60.3 Å². The molecule has 0 bridgehead atoms. The molecular formula is C19H18NO2PSZn. The maximum Gasteiger partial charge on any atom is 0.102 e. The molecule has 0 atom stereocenters. The van der Waals surface area contributed by atoms with Crippen molar-refractivity contribution in [2.75, 3.05) is 6.26 Å². The summed E-state index contributed by atoms with van der Waals surface area (Å²) in [5, 5.41) is 3.38. The average Bonchev–Trinajstić information content (AvgIpc) is 2.57. The Morgan fingerprint density at radius 3 is 1.64 bits per heavy atom. The molecule has 0 N–H and O–H groups in total. The van der Waals surface area contributed by atoms with Gasteiger partial charge in [0.2, 0.25) is 0 Å². The molecule has 0 spiro atoms. The van der Waals surface area contributed by atoms with Crippen LogP contribution in [0.1, 0.15) is 0 Å². The number of rotatable bonds is 5. The number of nitrogens with zero attached hydrogens (tertiary/aromatic N) is 1. The monoisotopic (exact) mass is 419 g/mol. The van der Waals surface area contributed by atoms with Gasteiger partial charge >= 0.3 is 0 Å². The summed E-state index contributed by atoms with van der Waals surface area (Å²) >= 11 is 0. The minimum atomic E-state index is -3.46. The Morgan fingerprint density at radius 1 is 0.720 bits per heavy atom. The fourth-order valence-electron chi connectivity index (χ4n) is 2.63. The van der Waals surface area contributed by atoms with E-state index in [2.05, 4.69) is 29.0 Å². The summed E-state index contributed by atoms with van der Waals surface area (Å²) in [5.41, 5.74) is 0.529. The summed E-state index contributed by atoms with van der Waals surface area (Å²) in [5.74, 6) is 0. The topological polar surface area (TPSA) is 48.2 Å². The van der Waals surface area contributed by atoms with Gasteiger partial charge in [-0.05, 0) is 30.3 Å². The van der Waals surface area contributed by atoms with Gasteiger partial charge in [-0.3, -0.25) is 0 Å². The Hall–Kier alpha value is -1.54. The third kappa shape index (κ3) is 5.22. The minimum absolute atomic E-state index is 0. The van der Waals surface area contributed by atoms with Crippen molar-refractivity contribution in [2.45, 2.75) is 0 Å². The summed E-state index contributed by atoms with van der Waals surface area (Å²) < 4.78 is 27.3. The molecule has 0 fully saturated rings. The van der Waals surface area contributed by atoms with Crippen molar-refractivity contribution in [1.29, 1.82) is 0 Å². The predicted molar refractivity (Wildman–Crippen MR) is 104 cm³/mol. The van der Waals surface area contributed by atoms with Crippen molar-refractivity contribution in [3.05, 3.63) is 89.7 Å². The van der Waals surface area contributed by atoms with Crippen molar-refractivity contribution < 1.29 is 27.9 Å². The second-order valence-electron chi connectivity index (χ2n) is 5.45. The summed E-state index contributed by atoms with van der Waals surface area (Å²) in [6.45, 7) is 0. The minimum Gasteiger partial charge on any atom is -0.574 e. The molecule has 3 nitrogen and oxygen atoms in total. The first-order valence-electron chi connectivity index (χ1n) is 7.55. The fourth-order valence-corrected chi connectivity index (χ4v) is 5.89.